The normalized spacial score (nSPS) is 14.0. The number of hydrogen-bond donors (Lipinski definition) is 2. The van der Waals surface area contributed by atoms with Crippen molar-refractivity contribution in [1.82, 2.24) is 29.0 Å². The van der Waals surface area contributed by atoms with Gasteiger partial charge < -0.3 is 9.80 Å². The molecule has 0 atom stereocenters. The van der Waals surface area contributed by atoms with E-state index >= 15 is 0 Å². The predicted octanol–water partition coefficient (Wildman–Crippen LogP) is 6.70. The molecule has 0 spiro atoms. The van der Waals surface area contributed by atoms with E-state index < -0.39 is 55.5 Å². The van der Waals surface area contributed by atoms with Crippen LogP contribution in [0.5, 0.6) is 0 Å². The van der Waals surface area contributed by atoms with Gasteiger partial charge in [-0.05, 0) is 78.3 Å². The van der Waals surface area contributed by atoms with Crippen LogP contribution >= 0.6 is 11.6 Å². The Hall–Kier alpha value is -5.58. The van der Waals surface area contributed by atoms with E-state index in [2.05, 4.69) is 14.5 Å². The second-order valence-corrected chi connectivity index (χ2v) is 19.4. The maximum Gasteiger partial charge on any atom is 0.344 e. The molecule has 320 valence electrons. The van der Waals surface area contributed by atoms with Crippen LogP contribution in [0.25, 0.3) is 22.0 Å². The zero-order chi connectivity index (χ0) is 43.5. The lowest BCUT2D eigenvalue weighted by Gasteiger charge is -2.29. The molecule has 1 aromatic heterocycles. The first kappa shape index (κ1) is 43.5. The van der Waals surface area contributed by atoms with Crippen LogP contribution in [-0.2, 0) is 44.2 Å². The highest BCUT2D eigenvalue weighted by molar-refractivity contribution is 7.91. The molecule has 2 N–H and O–H groups in total. The Labute approximate surface area is 360 Å². The number of unbranched alkanes of at least 4 members (excludes halogenated alkanes) is 2. The molecule has 0 bridgehead atoms. The Kier molecular flexibility index (Phi) is 13.0. The molecule has 2 heterocycles. The number of nitrogens with zero attached hydrogens (tertiary/aromatic N) is 4. The molecule has 0 saturated heterocycles. The molecule has 14 nitrogen and oxygen atoms in total. The second kappa shape index (κ2) is 18.2. The molecule has 0 unspecified atom stereocenters. The Bertz CT molecular complexity index is 2740. The van der Waals surface area contributed by atoms with Gasteiger partial charge >= 0.3 is 6.03 Å². The summed E-state index contributed by atoms with van der Waals surface area (Å²) in [6.45, 7) is 5.32. The van der Waals surface area contributed by atoms with E-state index in [4.69, 9.17) is 11.6 Å². The fourth-order valence-corrected chi connectivity index (χ4v) is 9.95. The molecule has 7 rings (SSSR count). The third-order valence-electron chi connectivity index (χ3n) is 10.9. The predicted molar refractivity (Wildman–Crippen MR) is 232 cm³/mol. The van der Waals surface area contributed by atoms with E-state index in [1.807, 2.05) is 50.2 Å². The number of halogens is 1. The van der Waals surface area contributed by atoms with E-state index in [1.54, 1.807) is 28.0 Å². The van der Waals surface area contributed by atoms with Gasteiger partial charge in [0, 0.05) is 42.9 Å². The van der Waals surface area contributed by atoms with E-state index in [9.17, 15) is 36.0 Å². The molecule has 1 fully saturated rings. The molecule has 4 aromatic carbocycles. The molecule has 4 amide bonds. The zero-order valence-corrected chi connectivity index (χ0v) is 36.3. The van der Waals surface area contributed by atoms with Gasteiger partial charge in [0.1, 0.15) is 5.69 Å². The number of sulfonamides is 2. The fraction of sp³-hybridized carbons (Fsp3) is 0.341. The number of carbonyl (C=O) groups excluding carboxylic acids is 4. The number of hydrogen-bond acceptors (Lipinski definition) is 9. The molecular weight excluding hydrogens is 840 g/mol. The van der Waals surface area contributed by atoms with Crippen molar-refractivity contribution in [2.45, 2.75) is 81.9 Å². The average molecular weight is 887 g/mol. The highest BCUT2D eigenvalue weighted by Gasteiger charge is 2.38. The lowest BCUT2D eigenvalue weighted by molar-refractivity contribution is -0.118. The van der Waals surface area contributed by atoms with Gasteiger partial charge in [-0.15, -0.1) is 0 Å². The molecule has 1 aliphatic carbocycles. The number of benzene rings is 4. The van der Waals surface area contributed by atoms with Crippen LogP contribution < -0.4 is 9.44 Å². The molecule has 5 aromatic rings. The zero-order valence-electron chi connectivity index (χ0n) is 33.9. The Balaban J connectivity index is 1.30. The van der Waals surface area contributed by atoms with Crippen molar-refractivity contribution < 1.29 is 36.0 Å². The van der Waals surface area contributed by atoms with Gasteiger partial charge in [-0.1, -0.05) is 99.0 Å². The van der Waals surface area contributed by atoms with Crippen LogP contribution in [0.4, 0.5) is 4.79 Å². The van der Waals surface area contributed by atoms with E-state index in [1.165, 1.54) is 30.3 Å². The first-order valence-electron chi connectivity index (χ1n) is 20.4. The van der Waals surface area contributed by atoms with Gasteiger partial charge in [0.15, 0.2) is 0 Å². The molecular formula is C44H47ClN6O8S2. The fourth-order valence-electron chi connectivity index (χ4n) is 7.34. The van der Waals surface area contributed by atoms with Crippen LogP contribution in [0.2, 0.25) is 5.02 Å². The van der Waals surface area contributed by atoms with E-state index in [0.717, 1.165) is 34.0 Å². The van der Waals surface area contributed by atoms with Gasteiger partial charge in [-0.25, -0.2) is 26.4 Å². The summed E-state index contributed by atoms with van der Waals surface area (Å²) in [7, 11) is -8.31. The molecule has 2 aliphatic rings. The van der Waals surface area contributed by atoms with E-state index in [0.29, 0.717) is 57.1 Å². The molecule has 61 heavy (non-hydrogen) atoms. The van der Waals surface area contributed by atoms with Crippen molar-refractivity contribution >= 4 is 66.2 Å². The van der Waals surface area contributed by atoms with Crippen LogP contribution in [0.1, 0.15) is 89.9 Å². The number of aromatic nitrogens is 2. The van der Waals surface area contributed by atoms with Gasteiger partial charge in [0.05, 0.1) is 27.3 Å². The molecule has 0 radical (unpaired) electrons. The summed E-state index contributed by atoms with van der Waals surface area (Å²) in [5, 5.41) is 5.26. The summed E-state index contributed by atoms with van der Waals surface area (Å²) < 4.78 is 57.8. The standard InChI is InChI=1S/C44H47ClN6O8S2/c1-3-5-22-49(23-6-4-2)44(55)51-38(27-39(52)47-60(56,57)34-18-19-34)40(45)41(46-51)36-20-16-32(26-37(36)43(54)50-24-21-30-12-8-10-14-33(30)28-50)42(53)48-61(58,59)35-17-15-29-11-7-9-13-31(29)25-35/h7-17,20,25-26,34H,3-6,18-19,21-24,27-28H2,1-2H3,(H,47,52)(H,48,53). The van der Waals surface area contributed by atoms with Crippen molar-refractivity contribution in [1.29, 1.82) is 0 Å². The van der Waals surface area contributed by atoms with Crippen LogP contribution in [0.15, 0.2) is 89.8 Å². The average Bonchev–Trinajstić information content (AvgIpc) is 4.08. The smallest absolute Gasteiger partial charge is 0.334 e. The van der Waals surface area contributed by atoms with Crippen molar-refractivity contribution in [3.8, 4) is 11.3 Å². The minimum absolute atomic E-state index is 0.0599. The first-order chi connectivity index (χ1) is 29.2. The van der Waals surface area contributed by atoms with Gasteiger partial charge in [-0.3, -0.25) is 19.1 Å². The van der Waals surface area contributed by atoms with E-state index in [-0.39, 0.29) is 44.5 Å². The summed E-state index contributed by atoms with van der Waals surface area (Å²) in [5.74, 6) is -2.43. The van der Waals surface area contributed by atoms with Crippen molar-refractivity contribution in [2.24, 2.45) is 0 Å². The maximum absolute atomic E-state index is 14.7. The summed E-state index contributed by atoms with van der Waals surface area (Å²) in [4.78, 5) is 59.3. The number of fused-ring (bicyclic) bond motifs is 2. The highest BCUT2D eigenvalue weighted by Crippen LogP contribution is 2.36. The Morgan fingerprint density at radius 2 is 1.49 bits per heavy atom. The second-order valence-electron chi connectivity index (χ2n) is 15.4. The number of rotatable bonds is 15. The SMILES string of the molecule is CCCCN(CCCC)C(=O)n1nc(-c2ccc(C(=O)NS(=O)(=O)c3ccc4ccccc4c3)cc2C(=O)N2CCc3ccccc3C2)c(Cl)c1CC(=O)NS(=O)(=O)C1CC1. The lowest BCUT2D eigenvalue weighted by Crippen LogP contribution is -2.39. The minimum Gasteiger partial charge on any atom is -0.334 e. The maximum atomic E-state index is 14.7. The summed E-state index contributed by atoms with van der Waals surface area (Å²) >= 11 is 7.07. The quantitative estimate of drug-likeness (QED) is 0.116. The summed E-state index contributed by atoms with van der Waals surface area (Å²) in [6.07, 6.45) is 3.75. The van der Waals surface area contributed by atoms with Crippen LogP contribution in [0.3, 0.4) is 0 Å². The minimum atomic E-state index is -4.37. The third kappa shape index (κ3) is 9.66. The molecule has 17 heteroatoms. The van der Waals surface area contributed by atoms with Crippen molar-refractivity contribution in [2.75, 3.05) is 19.6 Å². The summed E-state index contributed by atoms with van der Waals surface area (Å²) in [6, 6.07) is 22.8. The highest BCUT2D eigenvalue weighted by atomic mass is 35.5. The number of carbonyl (C=O) groups is 4. The van der Waals surface area contributed by atoms with Gasteiger partial charge in [0.2, 0.25) is 15.9 Å². The van der Waals surface area contributed by atoms with Gasteiger partial charge in [0.25, 0.3) is 21.8 Å². The molecule has 1 saturated carbocycles. The number of amides is 4. The van der Waals surface area contributed by atoms with Crippen molar-refractivity contribution in [3.63, 3.8) is 0 Å². The van der Waals surface area contributed by atoms with Crippen LogP contribution in [-0.4, -0.2) is 85.1 Å². The Morgan fingerprint density at radius 3 is 2.18 bits per heavy atom. The number of nitrogens with one attached hydrogen (secondary N) is 2. The third-order valence-corrected chi connectivity index (χ3v) is 14.5. The van der Waals surface area contributed by atoms with Crippen LogP contribution in [0, 0.1) is 0 Å². The topological polar surface area (TPSA) is 185 Å². The lowest BCUT2D eigenvalue weighted by atomic mass is 9.96. The Morgan fingerprint density at radius 1 is 0.820 bits per heavy atom. The molecule has 1 aliphatic heterocycles. The van der Waals surface area contributed by atoms with Gasteiger partial charge in [-0.2, -0.15) is 9.78 Å². The largest absolute Gasteiger partial charge is 0.344 e. The first-order valence-corrected chi connectivity index (χ1v) is 23.8. The van der Waals surface area contributed by atoms with Crippen molar-refractivity contribution in [3.05, 3.63) is 118 Å². The monoisotopic (exact) mass is 886 g/mol. The summed E-state index contributed by atoms with van der Waals surface area (Å²) in [5.41, 5.74) is 1.75.